The van der Waals surface area contributed by atoms with Crippen LogP contribution in [0.5, 0.6) is 0 Å². The Morgan fingerprint density at radius 2 is 1.76 bits per heavy atom. The molecule has 0 bridgehead atoms. The van der Waals surface area contributed by atoms with Crippen molar-refractivity contribution in [1.29, 1.82) is 0 Å². The number of nitrogens with two attached hydrogens (primary N) is 1. The Balaban J connectivity index is 1.41. The van der Waals surface area contributed by atoms with E-state index in [4.69, 9.17) is 5.73 Å². The molecule has 3 heterocycles. The van der Waals surface area contributed by atoms with Crippen LogP contribution in [-0.2, 0) is 10.0 Å². The van der Waals surface area contributed by atoms with Crippen LogP contribution in [0.15, 0.2) is 88.6 Å². The lowest BCUT2D eigenvalue weighted by Crippen LogP contribution is -2.13. The van der Waals surface area contributed by atoms with Crippen molar-refractivity contribution >= 4 is 49.9 Å². The van der Waals surface area contributed by atoms with Crippen LogP contribution in [0.2, 0.25) is 0 Å². The third kappa shape index (κ3) is 5.29. The Labute approximate surface area is 223 Å². The van der Waals surface area contributed by atoms with Crippen molar-refractivity contribution in [2.75, 3.05) is 11.8 Å². The van der Waals surface area contributed by atoms with Gasteiger partial charge in [-0.2, -0.15) is 0 Å². The molecular formula is C27H23N7O2S2. The van der Waals surface area contributed by atoms with Gasteiger partial charge in [0, 0.05) is 47.7 Å². The number of benzene rings is 2. The van der Waals surface area contributed by atoms with Crippen molar-refractivity contribution in [3.8, 4) is 22.4 Å². The Morgan fingerprint density at radius 1 is 0.974 bits per heavy atom. The van der Waals surface area contributed by atoms with E-state index in [1.54, 1.807) is 67.3 Å². The van der Waals surface area contributed by atoms with Gasteiger partial charge in [0.05, 0.1) is 50.4 Å². The second-order valence-electron chi connectivity index (χ2n) is 8.31. The molecule has 190 valence electrons. The first-order valence-corrected chi connectivity index (χ1v) is 13.8. The summed E-state index contributed by atoms with van der Waals surface area (Å²) in [4.78, 5) is 22.0. The van der Waals surface area contributed by atoms with Crippen LogP contribution in [0.1, 0.15) is 10.7 Å². The maximum absolute atomic E-state index is 13.1. The number of aromatic nitrogens is 4. The second kappa shape index (κ2) is 10.5. The molecule has 0 fully saturated rings. The molecule has 0 atom stereocenters. The first-order chi connectivity index (χ1) is 18.4. The predicted octanol–water partition coefficient (Wildman–Crippen LogP) is 4.92. The molecule has 0 aliphatic rings. The van der Waals surface area contributed by atoms with E-state index in [0.29, 0.717) is 28.0 Å². The van der Waals surface area contributed by atoms with Crippen molar-refractivity contribution < 1.29 is 8.42 Å². The molecule has 0 saturated carbocycles. The lowest BCUT2D eigenvalue weighted by atomic mass is 10.1. The quantitative estimate of drug-likeness (QED) is 0.279. The number of rotatable bonds is 7. The molecule has 9 nitrogen and oxygen atoms in total. The molecule has 0 aliphatic heterocycles. The average Bonchev–Trinajstić information content (AvgIpc) is 3.37. The summed E-state index contributed by atoms with van der Waals surface area (Å²) in [6.07, 6.45) is 7.82. The van der Waals surface area contributed by atoms with Crippen LogP contribution >= 0.6 is 11.3 Å². The maximum Gasteiger partial charge on any atom is 0.261 e. The highest BCUT2D eigenvalue weighted by molar-refractivity contribution is 7.92. The minimum Gasteiger partial charge on any atom is -0.404 e. The average molecular weight is 542 g/mol. The maximum atomic E-state index is 13.1. The zero-order valence-electron chi connectivity index (χ0n) is 20.5. The topological polar surface area (TPSA) is 136 Å². The van der Waals surface area contributed by atoms with E-state index in [1.165, 1.54) is 12.4 Å². The fourth-order valence-corrected chi connectivity index (χ4v) is 5.49. The summed E-state index contributed by atoms with van der Waals surface area (Å²) in [5.74, 6) is 0. The Kier molecular flexibility index (Phi) is 6.95. The number of nitrogens with zero attached hydrogens (tertiary/aromatic N) is 5. The number of fused-ring (bicyclic) bond motifs is 1. The van der Waals surface area contributed by atoms with Crippen molar-refractivity contribution in [2.24, 2.45) is 10.7 Å². The summed E-state index contributed by atoms with van der Waals surface area (Å²) < 4.78 is 28.7. The lowest BCUT2D eigenvalue weighted by molar-refractivity contribution is 0.601. The largest absolute Gasteiger partial charge is 0.404 e. The Morgan fingerprint density at radius 3 is 2.47 bits per heavy atom. The number of anilines is 1. The van der Waals surface area contributed by atoms with Crippen molar-refractivity contribution in [1.82, 2.24) is 19.9 Å². The third-order valence-electron chi connectivity index (χ3n) is 5.69. The van der Waals surface area contributed by atoms with Gasteiger partial charge >= 0.3 is 0 Å². The van der Waals surface area contributed by atoms with Crippen LogP contribution in [0.3, 0.4) is 0 Å². The normalized spacial score (nSPS) is 12.3. The molecule has 0 radical (unpaired) electrons. The lowest BCUT2D eigenvalue weighted by Gasteiger charge is -2.10. The van der Waals surface area contributed by atoms with E-state index in [0.717, 1.165) is 27.4 Å². The number of aliphatic imine (C=N–C) groups is 1. The summed E-state index contributed by atoms with van der Waals surface area (Å²) in [7, 11) is -2.17. The van der Waals surface area contributed by atoms with Gasteiger partial charge in [0.15, 0.2) is 0 Å². The summed E-state index contributed by atoms with van der Waals surface area (Å²) in [6.45, 7) is 1.93. The molecule has 38 heavy (non-hydrogen) atoms. The Hall–Kier alpha value is -4.48. The molecule has 0 aliphatic carbocycles. The van der Waals surface area contributed by atoms with Crippen molar-refractivity contribution in [2.45, 2.75) is 11.8 Å². The van der Waals surface area contributed by atoms with Gasteiger partial charge in [-0.3, -0.25) is 19.7 Å². The molecule has 5 rings (SSSR count). The van der Waals surface area contributed by atoms with E-state index < -0.39 is 10.0 Å². The van der Waals surface area contributed by atoms with Gasteiger partial charge in [-0.25, -0.2) is 18.4 Å². The molecule has 0 amide bonds. The van der Waals surface area contributed by atoms with Crippen LogP contribution < -0.4 is 10.5 Å². The second-order valence-corrected chi connectivity index (χ2v) is 11.1. The SMILES string of the molecule is CN=CC(=CN)c1cnc2ccc(-c3cncc(NS(=O)(=O)c4ccc(-c5csc(C)n5)cc4)c3)cc2n1. The number of nitrogens with one attached hydrogen (secondary N) is 1. The van der Waals surface area contributed by atoms with Crippen LogP contribution in [0.25, 0.3) is 39.0 Å². The minimum atomic E-state index is -3.82. The number of hydrogen-bond acceptors (Lipinski definition) is 9. The summed E-state index contributed by atoms with van der Waals surface area (Å²) >= 11 is 1.55. The van der Waals surface area contributed by atoms with Gasteiger partial charge in [0.2, 0.25) is 0 Å². The number of thiazole rings is 1. The predicted molar refractivity (Wildman–Crippen MR) is 152 cm³/mol. The number of sulfonamides is 1. The van der Waals surface area contributed by atoms with Crippen LogP contribution in [0, 0.1) is 6.92 Å². The molecular weight excluding hydrogens is 518 g/mol. The monoisotopic (exact) mass is 541 g/mol. The molecule has 0 unspecified atom stereocenters. The summed E-state index contributed by atoms with van der Waals surface area (Å²) in [5.41, 5.74) is 11.9. The molecule has 3 aromatic heterocycles. The van der Waals surface area contributed by atoms with Gasteiger partial charge in [-0.15, -0.1) is 11.3 Å². The molecule has 0 spiro atoms. The van der Waals surface area contributed by atoms with Gasteiger partial charge < -0.3 is 5.73 Å². The molecule has 0 saturated heterocycles. The number of aryl methyl sites for hydroxylation is 1. The smallest absolute Gasteiger partial charge is 0.261 e. The minimum absolute atomic E-state index is 0.145. The van der Waals surface area contributed by atoms with Gasteiger partial charge in [-0.1, -0.05) is 18.2 Å². The van der Waals surface area contributed by atoms with E-state index in [1.807, 2.05) is 30.5 Å². The fourth-order valence-electron chi connectivity index (χ4n) is 3.83. The summed E-state index contributed by atoms with van der Waals surface area (Å²) in [5, 5.41) is 2.90. The van der Waals surface area contributed by atoms with E-state index in [2.05, 4.69) is 29.7 Å². The Bertz CT molecular complexity index is 1790. The number of hydrogen-bond donors (Lipinski definition) is 2. The standard InChI is InChI=1S/C27H23N7O2S2/c1-17-32-27(16-37-17)18-3-6-23(7-4-18)38(35,36)34-22-9-20(13-30-14-22)19-5-8-24-25(10-19)33-26(15-31-24)21(11-28)12-29-2/h3-16,34H,28H2,1-2H3. The van der Waals surface area contributed by atoms with E-state index >= 15 is 0 Å². The first-order valence-electron chi connectivity index (χ1n) is 11.5. The van der Waals surface area contributed by atoms with E-state index in [9.17, 15) is 8.42 Å². The number of allylic oxidation sites excluding steroid dienone is 1. The number of pyridine rings is 1. The van der Waals surface area contributed by atoms with Crippen LogP contribution in [0.4, 0.5) is 5.69 Å². The fraction of sp³-hybridized carbons (Fsp3) is 0.0741. The highest BCUT2D eigenvalue weighted by Crippen LogP contribution is 2.27. The third-order valence-corrected chi connectivity index (χ3v) is 7.86. The van der Waals surface area contributed by atoms with E-state index in [-0.39, 0.29) is 4.90 Å². The van der Waals surface area contributed by atoms with Crippen molar-refractivity contribution in [3.63, 3.8) is 0 Å². The van der Waals surface area contributed by atoms with Gasteiger partial charge in [0.1, 0.15) is 0 Å². The van der Waals surface area contributed by atoms with Crippen LogP contribution in [-0.4, -0.2) is 41.6 Å². The van der Waals surface area contributed by atoms with Gasteiger partial charge in [0.25, 0.3) is 10.0 Å². The first kappa shape index (κ1) is 25.2. The highest BCUT2D eigenvalue weighted by Gasteiger charge is 2.16. The van der Waals surface area contributed by atoms with Gasteiger partial charge in [-0.05, 0) is 42.8 Å². The summed E-state index contributed by atoms with van der Waals surface area (Å²) in [6, 6.07) is 14.0. The zero-order chi connectivity index (χ0) is 26.7. The van der Waals surface area contributed by atoms with Crippen molar-refractivity contribution in [3.05, 3.63) is 89.4 Å². The molecule has 3 N–H and O–H groups in total. The molecule has 5 aromatic rings. The molecule has 11 heteroatoms. The highest BCUT2D eigenvalue weighted by atomic mass is 32.2. The molecule has 2 aromatic carbocycles. The zero-order valence-corrected chi connectivity index (χ0v) is 22.2.